The van der Waals surface area contributed by atoms with Crippen molar-refractivity contribution in [2.75, 3.05) is 6.61 Å². The summed E-state index contributed by atoms with van der Waals surface area (Å²) >= 11 is 0. The number of alkyl halides is 3. The van der Waals surface area contributed by atoms with E-state index in [0.29, 0.717) is 31.8 Å². The average Bonchev–Trinajstić information content (AvgIpc) is 2.75. The van der Waals surface area contributed by atoms with E-state index in [1.54, 1.807) is 0 Å². The molecular weight excluding hydrogens is 385 g/mol. The molecule has 3 aliphatic rings. The normalized spacial score (nSPS) is 42.9. The number of hydrogen-bond acceptors (Lipinski definition) is 1. The Balaban J connectivity index is 1.42. The van der Waals surface area contributed by atoms with Gasteiger partial charge in [0.2, 0.25) is 0 Å². The number of rotatable bonds is 9. The van der Waals surface area contributed by atoms with Crippen molar-refractivity contribution in [2.45, 2.75) is 128 Å². The molecule has 0 aromatic carbocycles. The molecule has 30 heavy (non-hydrogen) atoms. The van der Waals surface area contributed by atoms with E-state index in [0.717, 1.165) is 18.8 Å². The summed E-state index contributed by atoms with van der Waals surface area (Å²) in [4.78, 5) is 0. The molecule has 3 rings (SSSR count). The first-order valence-corrected chi connectivity index (χ1v) is 13.1. The van der Waals surface area contributed by atoms with Crippen LogP contribution < -0.4 is 0 Å². The first-order valence-electron chi connectivity index (χ1n) is 13.1. The molecular formula is C26H45F3O. The molecule has 0 aromatic heterocycles. The van der Waals surface area contributed by atoms with Gasteiger partial charge in [-0.2, -0.15) is 0 Å². The smallest absolute Gasteiger partial charge is 0.157 e. The van der Waals surface area contributed by atoms with E-state index in [2.05, 4.69) is 6.92 Å². The summed E-state index contributed by atoms with van der Waals surface area (Å²) in [7, 11) is 0. The Labute approximate surface area is 182 Å². The molecule has 3 fully saturated rings. The molecule has 0 aromatic rings. The van der Waals surface area contributed by atoms with E-state index in [9.17, 15) is 8.78 Å². The van der Waals surface area contributed by atoms with Crippen LogP contribution in [0.2, 0.25) is 0 Å². The second kappa shape index (κ2) is 12.1. The third kappa shape index (κ3) is 6.17. The minimum absolute atomic E-state index is 0.00183. The van der Waals surface area contributed by atoms with Crippen molar-refractivity contribution >= 4 is 0 Å². The molecule has 0 spiro atoms. The van der Waals surface area contributed by atoms with Crippen LogP contribution in [0, 0.1) is 29.6 Å². The molecule has 0 amide bonds. The van der Waals surface area contributed by atoms with Crippen LogP contribution in [0.1, 0.15) is 104 Å². The van der Waals surface area contributed by atoms with E-state index in [4.69, 9.17) is 4.74 Å². The lowest BCUT2D eigenvalue weighted by atomic mass is 9.64. The lowest BCUT2D eigenvalue weighted by molar-refractivity contribution is -0.0894. The highest BCUT2D eigenvalue weighted by molar-refractivity contribution is 4.96. The fraction of sp³-hybridized carbons (Fsp3) is 1.00. The van der Waals surface area contributed by atoms with Crippen LogP contribution in [0.4, 0.5) is 13.2 Å². The van der Waals surface area contributed by atoms with Crippen molar-refractivity contribution in [2.24, 2.45) is 29.6 Å². The Morgan fingerprint density at radius 3 is 2.07 bits per heavy atom. The molecule has 0 heterocycles. The summed E-state index contributed by atoms with van der Waals surface area (Å²) in [5.74, 6) is 1.19. The van der Waals surface area contributed by atoms with Gasteiger partial charge in [0.05, 0.1) is 6.10 Å². The number of hydrogen-bond donors (Lipinski definition) is 0. The van der Waals surface area contributed by atoms with Crippen LogP contribution in [0.25, 0.3) is 0 Å². The van der Waals surface area contributed by atoms with E-state index in [-0.39, 0.29) is 17.8 Å². The second-order valence-corrected chi connectivity index (χ2v) is 10.5. The Morgan fingerprint density at radius 2 is 1.40 bits per heavy atom. The predicted molar refractivity (Wildman–Crippen MR) is 118 cm³/mol. The first kappa shape index (κ1) is 24.4. The molecule has 0 radical (unpaired) electrons. The maximum atomic E-state index is 15.2. The Hall–Kier alpha value is -0.250. The van der Waals surface area contributed by atoms with Crippen LogP contribution in [0.3, 0.4) is 0 Å². The minimum atomic E-state index is -1.55. The third-order valence-electron chi connectivity index (χ3n) is 8.67. The minimum Gasteiger partial charge on any atom is -0.375 e. The van der Waals surface area contributed by atoms with Crippen LogP contribution >= 0.6 is 0 Å². The second-order valence-electron chi connectivity index (χ2n) is 10.5. The highest BCUT2D eigenvalue weighted by Gasteiger charge is 2.47. The lowest BCUT2D eigenvalue weighted by Crippen LogP contribution is -2.47. The van der Waals surface area contributed by atoms with Gasteiger partial charge in [0, 0.05) is 6.61 Å². The van der Waals surface area contributed by atoms with Crippen molar-refractivity contribution in [1.29, 1.82) is 0 Å². The highest BCUT2D eigenvalue weighted by Crippen LogP contribution is 2.48. The summed E-state index contributed by atoms with van der Waals surface area (Å²) in [5, 5.41) is 0. The molecule has 176 valence electrons. The van der Waals surface area contributed by atoms with Gasteiger partial charge in [-0.25, -0.2) is 13.2 Å². The van der Waals surface area contributed by atoms with Crippen LogP contribution in [-0.4, -0.2) is 31.2 Å². The summed E-state index contributed by atoms with van der Waals surface area (Å²) < 4.78 is 49.8. The van der Waals surface area contributed by atoms with Crippen molar-refractivity contribution in [1.82, 2.24) is 0 Å². The van der Waals surface area contributed by atoms with E-state index in [1.807, 2.05) is 6.92 Å². The Morgan fingerprint density at radius 1 is 0.700 bits per heavy atom. The fourth-order valence-corrected chi connectivity index (χ4v) is 6.86. The lowest BCUT2D eigenvalue weighted by Gasteiger charge is -2.44. The zero-order chi connectivity index (χ0) is 21.5. The summed E-state index contributed by atoms with van der Waals surface area (Å²) in [6.45, 7) is 4.49. The molecule has 7 unspecified atom stereocenters. The van der Waals surface area contributed by atoms with Gasteiger partial charge in [-0.15, -0.1) is 0 Å². The van der Waals surface area contributed by atoms with Crippen LogP contribution in [-0.2, 0) is 4.74 Å². The van der Waals surface area contributed by atoms with E-state index >= 15 is 4.39 Å². The van der Waals surface area contributed by atoms with Gasteiger partial charge < -0.3 is 4.74 Å². The Kier molecular flexibility index (Phi) is 9.85. The van der Waals surface area contributed by atoms with Crippen molar-refractivity contribution in [3.8, 4) is 0 Å². The van der Waals surface area contributed by atoms with Gasteiger partial charge in [-0.1, -0.05) is 51.9 Å². The monoisotopic (exact) mass is 430 g/mol. The highest BCUT2D eigenvalue weighted by atomic mass is 19.2. The maximum Gasteiger partial charge on any atom is 0.157 e. The van der Waals surface area contributed by atoms with Gasteiger partial charge in [0.25, 0.3) is 0 Å². The topological polar surface area (TPSA) is 9.23 Å². The molecule has 1 nitrogen and oxygen atoms in total. The van der Waals surface area contributed by atoms with E-state index in [1.165, 1.54) is 57.8 Å². The average molecular weight is 431 g/mol. The largest absolute Gasteiger partial charge is 0.375 e. The zero-order valence-electron chi connectivity index (χ0n) is 19.3. The van der Waals surface area contributed by atoms with Gasteiger partial charge in [-0.05, 0) is 81.5 Å². The third-order valence-corrected chi connectivity index (χ3v) is 8.67. The molecule has 0 saturated heterocycles. The molecule has 4 heteroatoms. The molecule has 3 saturated carbocycles. The summed E-state index contributed by atoms with van der Waals surface area (Å²) in [6.07, 6.45) is 10.5. The quantitative estimate of drug-likeness (QED) is 0.337. The fourth-order valence-electron chi connectivity index (χ4n) is 6.86. The SMILES string of the molecule is CCCCCCC1CCC(C2CCC(C3CCC(OCC)C(F)C3F)CC2F)CC1. The summed E-state index contributed by atoms with van der Waals surface area (Å²) in [6, 6.07) is 0. The number of halogens is 3. The zero-order valence-corrected chi connectivity index (χ0v) is 19.3. The van der Waals surface area contributed by atoms with Gasteiger partial charge in [0.15, 0.2) is 6.17 Å². The van der Waals surface area contributed by atoms with Gasteiger partial charge >= 0.3 is 0 Å². The predicted octanol–water partition coefficient (Wildman–Crippen LogP) is 8.01. The van der Waals surface area contributed by atoms with Crippen LogP contribution in [0.15, 0.2) is 0 Å². The number of unbranched alkanes of at least 4 members (excludes halogenated alkanes) is 3. The standard InChI is InChI=1S/C26H45F3O/c1-3-5-6-7-8-18-9-11-19(12-10-18)21-14-13-20(17-23(21)27)22-15-16-24(30-4-2)26(29)25(22)28/h18-26H,3-17H2,1-2H3. The van der Waals surface area contributed by atoms with Gasteiger partial charge in [0.1, 0.15) is 12.3 Å². The van der Waals surface area contributed by atoms with Crippen molar-refractivity contribution in [3.63, 3.8) is 0 Å². The maximum absolute atomic E-state index is 15.2. The Bertz CT molecular complexity index is 479. The molecule has 0 aliphatic heterocycles. The number of ether oxygens (including phenoxy) is 1. The van der Waals surface area contributed by atoms with Crippen molar-refractivity contribution in [3.05, 3.63) is 0 Å². The summed E-state index contributed by atoms with van der Waals surface area (Å²) in [5.41, 5.74) is 0. The van der Waals surface area contributed by atoms with Crippen molar-refractivity contribution < 1.29 is 17.9 Å². The molecule has 7 atom stereocenters. The molecule has 0 bridgehead atoms. The molecule has 0 N–H and O–H groups in total. The van der Waals surface area contributed by atoms with E-state index < -0.39 is 24.6 Å². The van der Waals surface area contributed by atoms with Gasteiger partial charge in [-0.3, -0.25) is 0 Å². The molecule has 3 aliphatic carbocycles. The first-order chi connectivity index (χ1) is 14.5. The van der Waals surface area contributed by atoms with Crippen LogP contribution in [0.5, 0.6) is 0 Å².